The molecule has 4 rings (SSSR count). The summed E-state index contributed by atoms with van der Waals surface area (Å²) in [6, 6.07) is 16.6. The summed E-state index contributed by atoms with van der Waals surface area (Å²) in [6.07, 6.45) is 2.28. The summed E-state index contributed by atoms with van der Waals surface area (Å²) in [5.41, 5.74) is 2.15. The first-order valence-electron chi connectivity index (χ1n) is 9.44. The van der Waals surface area contributed by atoms with Gasteiger partial charge in [-0.05, 0) is 49.9 Å². The summed E-state index contributed by atoms with van der Waals surface area (Å²) in [7, 11) is -3.56. The molecule has 1 fully saturated rings. The van der Waals surface area contributed by atoms with Gasteiger partial charge in [0.05, 0.1) is 10.8 Å². The van der Waals surface area contributed by atoms with Crippen molar-refractivity contribution < 1.29 is 13.2 Å². The highest BCUT2D eigenvalue weighted by atomic mass is 32.2. The van der Waals surface area contributed by atoms with Crippen LogP contribution >= 0.6 is 0 Å². The minimum Gasteiger partial charge on any atom is -0.309 e. The lowest BCUT2D eigenvalue weighted by Gasteiger charge is -2.34. The topological polar surface area (TPSA) is 57.7 Å². The van der Waals surface area contributed by atoms with Crippen molar-refractivity contribution in [1.29, 1.82) is 0 Å². The van der Waals surface area contributed by atoms with Crippen LogP contribution in [0.15, 0.2) is 59.5 Å². The number of rotatable bonds is 3. The van der Waals surface area contributed by atoms with Gasteiger partial charge in [0.1, 0.15) is 0 Å². The van der Waals surface area contributed by atoms with E-state index in [4.69, 9.17) is 0 Å². The van der Waals surface area contributed by atoms with Crippen LogP contribution in [0.3, 0.4) is 0 Å². The fourth-order valence-corrected chi connectivity index (χ4v) is 5.75. The van der Waals surface area contributed by atoms with E-state index in [0.29, 0.717) is 13.0 Å². The first-order chi connectivity index (χ1) is 13.0. The highest BCUT2D eigenvalue weighted by Gasteiger charge is 2.38. The normalized spacial score (nSPS) is 23.2. The fourth-order valence-electron chi connectivity index (χ4n) is 4.20. The van der Waals surface area contributed by atoms with E-state index < -0.39 is 10.0 Å². The Labute approximate surface area is 160 Å². The molecule has 2 aliphatic rings. The number of carbonyl (C=O) groups excluding carboxylic acids is 1. The average Bonchev–Trinajstić information content (AvgIpc) is 3.04. The van der Waals surface area contributed by atoms with E-state index in [1.54, 1.807) is 30.3 Å². The van der Waals surface area contributed by atoms with Crippen molar-refractivity contribution in [2.75, 3.05) is 18.0 Å². The fraction of sp³-hybridized carbons (Fsp3) is 0.381. The van der Waals surface area contributed by atoms with Crippen LogP contribution in [-0.4, -0.2) is 37.8 Å². The molecule has 2 aliphatic heterocycles. The third kappa shape index (κ3) is 3.28. The molecule has 142 valence electrons. The molecule has 2 atom stereocenters. The third-order valence-corrected chi connectivity index (χ3v) is 7.44. The van der Waals surface area contributed by atoms with Crippen LogP contribution in [-0.2, 0) is 21.2 Å². The Kier molecular flexibility index (Phi) is 4.78. The Morgan fingerprint density at radius 2 is 1.74 bits per heavy atom. The van der Waals surface area contributed by atoms with Crippen molar-refractivity contribution in [3.05, 3.63) is 60.2 Å². The van der Waals surface area contributed by atoms with E-state index in [2.05, 4.69) is 13.0 Å². The van der Waals surface area contributed by atoms with Crippen molar-refractivity contribution in [3.8, 4) is 0 Å². The number of benzene rings is 2. The highest BCUT2D eigenvalue weighted by molar-refractivity contribution is 7.89. The summed E-state index contributed by atoms with van der Waals surface area (Å²) in [4.78, 5) is 15.5. The number of hydrogen-bond acceptors (Lipinski definition) is 3. The molecule has 0 radical (unpaired) electrons. The monoisotopic (exact) mass is 384 g/mol. The second-order valence-corrected chi connectivity index (χ2v) is 9.34. The van der Waals surface area contributed by atoms with Crippen molar-refractivity contribution in [3.63, 3.8) is 0 Å². The number of hydrogen-bond donors (Lipinski definition) is 0. The van der Waals surface area contributed by atoms with Gasteiger partial charge in [-0.15, -0.1) is 0 Å². The number of carbonyl (C=O) groups is 1. The highest BCUT2D eigenvalue weighted by Crippen LogP contribution is 2.35. The van der Waals surface area contributed by atoms with E-state index in [1.807, 2.05) is 23.1 Å². The standard InChI is InChI=1S/C21H24N2O3S/c1-16-14-17-8-5-6-12-20(17)23(16)21(24)18-9-7-13-22(15-18)27(25,26)19-10-3-2-4-11-19/h2-6,8,10-12,16,18H,7,9,13-15H2,1H3/t16-,18-/m1/s1. The molecule has 27 heavy (non-hydrogen) atoms. The number of anilines is 1. The Bertz CT molecular complexity index is 943. The maximum absolute atomic E-state index is 13.3. The molecule has 2 aromatic carbocycles. The predicted octanol–water partition coefficient (Wildman–Crippen LogP) is 3.07. The largest absolute Gasteiger partial charge is 0.309 e. The maximum atomic E-state index is 13.3. The SMILES string of the molecule is C[C@@H]1Cc2ccccc2N1C(=O)[C@@H]1CCCN(S(=O)(=O)c2ccccc2)C1. The molecule has 2 aromatic rings. The molecule has 5 nitrogen and oxygen atoms in total. The molecule has 0 aliphatic carbocycles. The first kappa shape index (κ1) is 18.2. The Hall–Kier alpha value is -2.18. The van der Waals surface area contributed by atoms with Gasteiger partial charge < -0.3 is 4.90 Å². The maximum Gasteiger partial charge on any atom is 0.243 e. The summed E-state index contributed by atoms with van der Waals surface area (Å²) in [5.74, 6) is -0.258. The van der Waals surface area contributed by atoms with Crippen LogP contribution in [0, 0.1) is 5.92 Å². The molecule has 0 saturated carbocycles. The van der Waals surface area contributed by atoms with Crippen LogP contribution in [0.4, 0.5) is 5.69 Å². The van der Waals surface area contributed by atoms with Gasteiger partial charge >= 0.3 is 0 Å². The lowest BCUT2D eigenvalue weighted by molar-refractivity contribution is -0.123. The summed E-state index contributed by atoms with van der Waals surface area (Å²) in [6.45, 7) is 2.77. The number of sulfonamides is 1. The Balaban J connectivity index is 1.56. The summed E-state index contributed by atoms with van der Waals surface area (Å²) >= 11 is 0. The molecule has 0 aromatic heterocycles. The van der Waals surface area contributed by atoms with Gasteiger partial charge in [-0.25, -0.2) is 8.42 Å². The zero-order valence-corrected chi connectivity index (χ0v) is 16.2. The molecular weight excluding hydrogens is 360 g/mol. The van der Waals surface area contributed by atoms with Crippen molar-refractivity contribution in [2.45, 2.75) is 37.1 Å². The molecule has 0 spiro atoms. The molecular formula is C21H24N2O3S. The quantitative estimate of drug-likeness (QED) is 0.817. The summed E-state index contributed by atoms with van der Waals surface area (Å²) in [5, 5.41) is 0. The van der Waals surface area contributed by atoms with Crippen LogP contribution in [0.5, 0.6) is 0 Å². The lowest BCUT2D eigenvalue weighted by Crippen LogP contribution is -2.48. The van der Waals surface area contributed by atoms with Gasteiger partial charge in [0.2, 0.25) is 15.9 Å². The number of piperidine rings is 1. The molecule has 1 amide bonds. The number of nitrogens with zero attached hydrogens (tertiary/aromatic N) is 2. The van der Waals surface area contributed by atoms with E-state index in [0.717, 1.165) is 18.5 Å². The Morgan fingerprint density at radius 1 is 1.04 bits per heavy atom. The predicted molar refractivity (Wildman–Crippen MR) is 105 cm³/mol. The zero-order valence-electron chi connectivity index (χ0n) is 15.4. The van der Waals surface area contributed by atoms with Crippen molar-refractivity contribution in [1.82, 2.24) is 4.31 Å². The molecule has 0 N–H and O–H groups in total. The second kappa shape index (κ2) is 7.09. The lowest BCUT2D eigenvalue weighted by atomic mass is 9.97. The Morgan fingerprint density at radius 3 is 2.52 bits per heavy atom. The first-order valence-corrected chi connectivity index (χ1v) is 10.9. The molecule has 6 heteroatoms. The third-order valence-electron chi connectivity index (χ3n) is 5.56. The molecule has 0 unspecified atom stereocenters. The van der Waals surface area contributed by atoms with Crippen LogP contribution < -0.4 is 4.90 Å². The number of fused-ring (bicyclic) bond motifs is 1. The van der Waals surface area contributed by atoms with E-state index in [9.17, 15) is 13.2 Å². The zero-order chi connectivity index (χ0) is 19.0. The van der Waals surface area contributed by atoms with Gasteiger partial charge in [-0.3, -0.25) is 4.79 Å². The smallest absolute Gasteiger partial charge is 0.243 e. The minimum atomic E-state index is -3.56. The van der Waals surface area contributed by atoms with Crippen molar-refractivity contribution in [2.24, 2.45) is 5.92 Å². The molecule has 2 heterocycles. The van der Waals surface area contributed by atoms with Crippen LogP contribution in [0.25, 0.3) is 0 Å². The van der Waals surface area contributed by atoms with Crippen LogP contribution in [0.2, 0.25) is 0 Å². The van der Waals surface area contributed by atoms with Crippen molar-refractivity contribution >= 4 is 21.6 Å². The van der Waals surface area contributed by atoms with E-state index in [1.165, 1.54) is 9.87 Å². The van der Waals surface area contributed by atoms with E-state index in [-0.39, 0.29) is 29.3 Å². The van der Waals surface area contributed by atoms with Gasteiger partial charge in [-0.1, -0.05) is 36.4 Å². The number of para-hydroxylation sites is 1. The van der Waals surface area contributed by atoms with Gasteiger partial charge in [-0.2, -0.15) is 4.31 Å². The number of amides is 1. The van der Waals surface area contributed by atoms with Gasteiger partial charge in [0.15, 0.2) is 0 Å². The van der Waals surface area contributed by atoms with Gasteiger partial charge in [0, 0.05) is 24.8 Å². The van der Waals surface area contributed by atoms with Crippen LogP contribution in [0.1, 0.15) is 25.3 Å². The average molecular weight is 385 g/mol. The second-order valence-electron chi connectivity index (χ2n) is 7.41. The minimum absolute atomic E-state index is 0.0420. The molecule has 1 saturated heterocycles. The van der Waals surface area contributed by atoms with Gasteiger partial charge in [0.25, 0.3) is 0 Å². The van der Waals surface area contributed by atoms with E-state index >= 15 is 0 Å². The molecule has 0 bridgehead atoms. The summed E-state index contributed by atoms with van der Waals surface area (Å²) < 4.78 is 27.4.